The maximum atomic E-state index is 13.6. The minimum Gasteiger partial charge on any atom is -0.371 e. The van der Waals surface area contributed by atoms with E-state index < -0.39 is 10.7 Å². The summed E-state index contributed by atoms with van der Waals surface area (Å²) in [6.07, 6.45) is 1.72. The van der Waals surface area contributed by atoms with E-state index in [9.17, 15) is 14.5 Å². The van der Waals surface area contributed by atoms with Crippen molar-refractivity contribution in [1.82, 2.24) is 0 Å². The van der Waals surface area contributed by atoms with Crippen LogP contribution in [0.25, 0.3) is 0 Å². The zero-order valence-electron chi connectivity index (χ0n) is 11.5. The Kier molecular flexibility index (Phi) is 3.56. The lowest BCUT2D eigenvalue weighted by Gasteiger charge is -2.22. The summed E-state index contributed by atoms with van der Waals surface area (Å²) in [6, 6.07) is 12.0. The van der Waals surface area contributed by atoms with Gasteiger partial charge in [-0.1, -0.05) is 24.3 Å². The van der Waals surface area contributed by atoms with Crippen molar-refractivity contribution in [2.24, 2.45) is 0 Å². The molecule has 0 unspecified atom stereocenters. The second kappa shape index (κ2) is 5.52. The van der Waals surface area contributed by atoms with Crippen LogP contribution in [0.4, 0.5) is 15.8 Å². The van der Waals surface area contributed by atoms with E-state index in [2.05, 4.69) is 12.1 Å². The third-order valence-corrected chi connectivity index (χ3v) is 3.86. The highest BCUT2D eigenvalue weighted by Gasteiger charge is 2.17. The number of nitrogens with zero attached hydrogens (tertiary/aromatic N) is 2. The summed E-state index contributed by atoms with van der Waals surface area (Å²) in [4.78, 5) is 12.3. The molecule has 4 nitrogen and oxygen atoms in total. The van der Waals surface area contributed by atoms with Gasteiger partial charge in [0.2, 0.25) is 0 Å². The predicted molar refractivity (Wildman–Crippen MR) is 79.1 cm³/mol. The van der Waals surface area contributed by atoms with Crippen molar-refractivity contribution in [2.45, 2.75) is 12.8 Å². The van der Waals surface area contributed by atoms with Crippen molar-refractivity contribution >= 4 is 11.4 Å². The van der Waals surface area contributed by atoms with Crippen molar-refractivity contribution in [3.8, 4) is 0 Å². The normalized spacial score (nSPS) is 14.4. The summed E-state index contributed by atoms with van der Waals surface area (Å²) in [7, 11) is 0. The van der Waals surface area contributed by atoms with Crippen LogP contribution >= 0.6 is 0 Å². The molecule has 3 rings (SSSR count). The number of hydrogen-bond donors (Lipinski definition) is 0. The summed E-state index contributed by atoms with van der Waals surface area (Å²) in [5, 5.41) is 10.9. The Balaban J connectivity index is 1.87. The number of non-ortho nitro benzene ring substituents is 1. The van der Waals surface area contributed by atoms with Gasteiger partial charge in [0.25, 0.3) is 5.69 Å². The first kappa shape index (κ1) is 13.5. The Labute approximate surface area is 122 Å². The highest BCUT2D eigenvalue weighted by atomic mass is 19.1. The molecule has 0 aromatic heterocycles. The van der Waals surface area contributed by atoms with E-state index in [1.807, 2.05) is 17.0 Å². The van der Waals surface area contributed by atoms with E-state index in [0.29, 0.717) is 5.69 Å². The van der Waals surface area contributed by atoms with Gasteiger partial charge < -0.3 is 4.90 Å². The molecular weight excluding hydrogens is 271 g/mol. The van der Waals surface area contributed by atoms with Crippen LogP contribution in [-0.4, -0.2) is 18.0 Å². The van der Waals surface area contributed by atoms with Gasteiger partial charge in [-0.05, 0) is 30.0 Å². The third kappa shape index (κ3) is 2.86. The molecule has 0 saturated heterocycles. The van der Waals surface area contributed by atoms with E-state index in [1.54, 1.807) is 0 Å². The van der Waals surface area contributed by atoms with E-state index in [-0.39, 0.29) is 5.69 Å². The number of nitro groups is 1. The maximum Gasteiger partial charge on any atom is 0.274 e. The lowest BCUT2D eigenvalue weighted by Crippen LogP contribution is -2.26. The Hall–Kier alpha value is -2.43. The maximum absolute atomic E-state index is 13.6. The number of halogens is 1. The molecule has 0 fully saturated rings. The van der Waals surface area contributed by atoms with Gasteiger partial charge in [-0.15, -0.1) is 0 Å². The molecule has 108 valence electrons. The summed E-state index contributed by atoms with van der Waals surface area (Å²) in [6.45, 7) is 1.47. The molecule has 0 N–H and O–H groups in total. The van der Waals surface area contributed by atoms with Gasteiger partial charge in [-0.2, -0.15) is 0 Å². The first-order valence-electron chi connectivity index (χ1n) is 6.90. The predicted octanol–water partition coefficient (Wildman–Crippen LogP) is 3.34. The molecule has 1 aliphatic heterocycles. The largest absolute Gasteiger partial charge is 0.371 e. The first-order valence-corrected chi connectivity index (χ1v) is 6.90. The molecule has 21 heavy (non-hydrogen) atoms. The van der Waals surface area contributed by atoms with E-state index >= 15 is 0 Å². The lowest BCUT2D eigenvalue weighted by molar-refractivity contribution is -0.385. The molecule has 0 aliphatic carbocycles. The monoisotopic (exact) mass is 286 g/mol. The van der Waals surface area contributed by atoms with Crippen molar-refractivity contribution in [3.63, 3.8) is 0 Å². The Morgan fingerprint density at radius 1 is 1.05 bits per heavy atom. The Morgan fingerprint density at radius 2 is 1.67 bits per heavy atom. The zero-order valence-corrected chi connectivity index (χ0v) is 11.5. The van der Waals surface area contributed by atoms with Crippen LogP contribution in [0.2, 0.25) is 0 Å². The van der Waals surface area contributed by atoms with Gasteiger partial charge >= 0.3 is 0 Å². The molecule has 5 heteroatoms. The van der Waals surface area contributed by atoms with E-state index in [1.165, 1.54) is 23.3 Å². The molecule has 0 amide bonds. The summed E-state index contributed by atoms with van der Waals surface area (Å²) in [5.41, 5.74) is 2.97. The van der Waals surface area contributed by atoms with Gasteiger partial charge in [-0.3, -0.25) is 10.1 Å². The van der Waals surface area contributed by atoms with Crippen LogP contribution in [0.1, 0.15) is 11.1 Å². The molecule has 1 heterocycles. The van der Waals surface area contributed by atoms with Gasteiger partial charge in [0.15, 0.2) is 0 Å². The van der Waals surface area contributed by atoms with Crippen LogP contribution < -0.4 is 4.90 Å². The van der Waals surface area contributed by atoms with Crippen molar-refractivity contribution in [1.29, 1.82) is 0 Å². The van der Waals surface area contributed by atoms with Crippen LogP contribution in [0.15, 0.2) is 42.5 Å². The Morgan fingerprint density at radius 3 is 2.24 bits per heavy atom. The van der Waals surface area contributed by atoms with Crippen LogP contribution in [-0.2, 0) is 12.8 Å². The van der Waals surface area contributed by atoms with Crippen LogP contribution in [0.3, 0.4) is 0 Å². The fraction of sp³-hybridized carbons (Fsp3) is 0.250. The zero-order chi connectivity index (χ0) is 14.8. The van der Waals surface area contributed by atoms with Crippen LogP contribution in [0, 0.1) is 15.9 Å². The molecule has 2 aromatic rings. The fourth-order valence-corrected chi connectivity index (χ4v) is 2.77. The number of benzene rings is 2. The number of hydrogen-bond acceptors (Lipinski definition) is 3. The molecule has 0 radical (unpaired) electrons. The molecule has 0 bridgehead atoms. The first-order chi connectivity index (χ1) is 10.1. The van der Waals surface area contributed by atoms with E-state index in [0.717, 1.165) is 32.0 Å². The number of fused-ring (bicyclic) bond motifs is 1. The summed E-state index contributed by atoms with van der Waals surface area (Å²) < 4.78 is 13.6. The minimum absolute atomic E-state index is 0.202. The van der Waals surface area contributed by atoms with Gasteiger partial charge in [-0.25, -0.2) is 4.39 Å². The van der Waals surface area contributed by atoms with Gasteiger partial charge in [0, 0.05) is 24.8 Å². The molecule has 0 atom stereocenters. The lowest BCUT2D eigenvalue weighted by atomic mass is 10.0. The standard InChI is InChI=1S/C16H15FN2O2/c17-14-9-15(11-16(10-14)19(20)21)18-7-5-12-3-1-2-4-13(12)6-8-18/h1-4,9-11H,5-8H2. The van der Waals surface area contributed by atoms with Gasteiger partial charge in [0.05, 0.1) is 11.0 Å². The second-order valence-electron chi connectivity index (χ2n) is 5.18. The average molecular weight is 286 g/mol. The molecule has 0 spiro atoms. The van der Waals surface area contributed by atoms with Crippen molar-refractivity contribution in [3.05, 3.63) is 69.5 Å². The average Bonchev–Trinajstić information content (AvgIpc) is 2.69. The van der Waals surface area contributed by atoms with Crippen molar-refractivity contribution < 1.29 is 9.31 Å². The Bertz CT molecular complexity index is 661. The molecule has 0 saturated carbocycles. The minimum atomic E-state index is -0.569. The highest BCUT2D eigenvalue weighted by molar-refractivity contribution is 5.54. The molecule has 1 aliphatic rings. The number of rotatable bonds is 2. The summed E-state index contributed by atoms with van der Waals surface area (Å²) in [5.74, 6) is -0.569. The number of anilines is 1. The summed E-state index contributed by atoms with van der Waals surface area (Å²) >= 11 is 0. The molecule has 2 aromatic carbocycles. The third-order valence-electron chi connectivity index (χ3n) is 3.86. The van der Waals surface area contributed by atoms with Crippen LogP contribution in [0.5, 0.6) is 0 Å². The fourth-order valence-electron chi connectivity index (χ4n) is 2.77. The highest BCUT2D eigenvalue weighted by Crippen LogP contribution is 2.26. The molecular formula is C16H15FN2O2. The van der Waals surface area contributed by atoms with E-state index in [4.69, 9.17) is 0 Å². The van der Waals surface area contributed by atoms with Crippen molar-refractivity contribution in [2.75, 3.05) is 18.0 Å². The van der Waals surface area contributed by atoms with Gasteiger partial charge in [0.1, 0.15) is 5.82 Å². The quantitative estimate of drug-likeness (QED) is 0.628. The SMILES string of the molecule is O=[N+]([O-])c1cc(F)cc(N2CCc3ccccc3CC2)c1. The number of nitro benzene ring substituents is 1. The smallest absolute Gasteiger partial charge is 0.274 e. The topological polar surface area (TPSA) is 46.4 Å². The second-order valence-corrected chi connectivity index (χ2v) is 5.18.